The van der Waals surface area contributed by atoms with Crippen LogP contribution in [0.4, 0.5) is 0 Å². The molecule has 0 bridgehead atoms. The van der Waals surface area contributed by atoms with Crippen molar-refractivity contribution in [1.29, 1.82) is 0 Å². The zero-order chi connectivity index (χ0) is 10.7. The van der Waals surface area contributed by atoms with Crippen LogP contribution in [0.2, 0.25) is 0 Å². The molecule has 1 aliphatic rings. The predicted octanol–water partition coefficient (Wildman–Crippen LogP) is 2.96. The molecular weight excluding hydrogens is 204 g/mol. The smallest absolute Gasteiger partial charge is 0.0900 e. The van der Waals surface area contributed by atoms with E-state index in [0.29, 0.717) is 6.04 Å². The Morgan fingerprint density at radius 3 is 2.93 bits per heavy atom. The van der Waals surface area contributed by atoms with Crippen LogP contribution >= 0.6 is 11.3 Å². The van der Waals surface area contributed by atoms with Gasteiger partial charge >= 0.3 is 0 Å². The molecule has 0 spiro atoms. The number of hydrogen-bond donors (Lipinski definition) is 1. The Hall–Kier alpha value is -0.670. The highest BCUT2D eigenvalue weighted by molar-refractivity contribution is 7.11. The summed E-state index contributed by atoms with van der Waals surface area (Å²) < 4.78 is 0. The lowest BCUT2D eigenvalue weighted by Crippen LogP contribution is -2.29. The Morgan fingerprint density at radius 2 is 2.33 bits per heavy atom. The first-order valence-electron chi connectivity index (χ1n) is 5.57. The van der Waals surface area contributed by atoms with E-state index in [1.165, 1.54) is 34.8 Å². The fraction of sp³-hybridized carbons (Fsp3) is 0.583. The molecule has 2 nitrogen and oxygen atoms in total. The summed E-state index contributed by atoms with van der Waals surface area (Å²) in [6, 6.07) is 0.664. The molecule has 1 heterocycles. The van der Waals surface area contributed by atoms with Crippen LogP contribution in [-0.2, 0) is 6.54 Å². The van der Waals surface area contributed by atoms with Gasteiger partial charge in [-0.15, -0.1) is 11.3 Å². The molecule has 0 aromatic carbocycles. The molecule has 0 saturated carbocycles. The Morgan fingerprint density at radius 1 is 1.47 bits per heavy atom. The maximum atomic E-state index is 4.44. The molecule has 3 heteroatoms. The Kier molecular flexibility index (Phi) is 3.54. The Balaban J connectivity index is 1.87. The van der Waals surface area contributed by atoms with Crippen molar-refractivity contribution < 1.29 is 0 Å². The van der Waals surface area contributed by atoms with Crippen LogP contribution in [-0.4, -0.2) is 11.0 Å². The van der Waals surface area contributed by atoms with E-state index in [9.17, 15) is 0 Å². The van der Waals surface area contributed by atoms with Gasteiger partial charge in [-0.3, -0.25) is 0 Å². The van der Waals surface area contributed by atoms with Crippen LogP contribution in [0.25, 0.3) is 0 Å². The molecule has 1 atom stereocenters. The average Bonchev–Trinajstić information content (AvgIpc) is 2.56. The first-order valence-corrected chi connectivity index (χ1v) is 6.38. The molecule has 0 radical (unpaired) electrons. The third-order valence-corrected chi connectivity index (χ3v) is 3.89. The van der Waals surface area contributed by atoms with Gasteiger partial charge < -0.3 is 5.32 Å². The Labute approximate surface area is 95.4 Å². The number of aromatic nitrogens is 1. The zero-order valence-electron chi connectivity index (χ0n) is 9.42. The van der Waals surface area contributed by atoms with Crippen LogP contribution in [0.15, 0.2) is 12.2 Å². The van der Waals surface area contributed by atoms with Crippen LogP contribution in [0.1, 0.15) is 34.8 Å². The van der Waals surface area contributed by atoms with Crippen molar-refractivity contribution in [2.24, 2.45) is 0 Å². The van der Waals surface area contributed by atoms with Crippen molar-refractivity contribution >= 4 is 11.3 Å². The maximum absolute atomic E-state index is 4.44. The number of nitrogens with zero attached hydrogens (tertiary/aromatic N) is 1. The first-order chi connectivity index (χ1) is 7.25. The quantitative estimate of drug-likeness (QED) is 0.795. The lowest BCUT2D eigenvalue weighted by Gasteiger charge is -2.18. The predicted molar refractivity (Wildman–Crippen MR) is 65.2 cm³/mol. The SMILES string of the molecule is Cc1nc(C)c(CNC2CC=CCC2)s1. The van der Waals surface area contributed by atoms with E-state index in [-0.39, 0.29) is 0 Å². The largest absolute Gasteiger partial charge is 0.309 e. The molecular formula is C12H18N2S. The van der Waals surface area contributed by atoms with Crippen LogP contribution < -0.4 is 5.32 Å². The van der Waals surface area contributed by atoms with Gasteiger partial charge in [0.15, 0.2) is 0 Å². The van der Waals surface area contributed by atoms with E-state index in [4.69, 9.17) is 0 Å². The van der Waals surface area contributed by atoms with E-state index in [2.05, 4.69) is 36.3 Å². The maximum Gasteiger partial charge on any atom is 0.0900 e. The Bertz CT molecular complexity index is 355. The van der Waals surface area contributed by atoms with Gasteiger partial charge in [-0.25, -0.2) is 4.98 Å². The molecule has 0 fully saturated rings. The number of aryl methyl sites for hydroxylation is 2. The van der Waals surface area contributed by atoms with Crippen molar-refractivity contribution in [3.8, 4) is 0 Å². The summed E-state index contributed by atoms with van der Waals surface area (Å²) in [5.41, 5.74) is 1.19. The fourth-order valence-corrected chi connectivity index (χ4v) is 2.84. The topological polar surface area (TPSA) is 24.9 Å². The van der Waals surface area contributed by atoms with Gasteiger partial charge in [0.25, 0.3) is 0 Å². The van der Waals surface area contributed by atoms with Gasteiger partial charge in [0.2, 0.25) is 0 Å². The number of nitrogens with one attached hydrogen (secondary N) is 1. The fourth-order valence-electron chi connectivity index (χ4n) is 1.95. The summed E-state index contributed by atoms with van der Waals surface area (Å²) in [5, 5.41) is 4.79. The van der Waals surface area contributed by atoms with Crippen molar-refractivity contribution in [3.05, 3.63) is 27.7 Å². The molecule has 15 heavy (non-hydrogen) atoms. The van der Waals surface area contributed by atoms with Crippen LogP contribution in [0, 0.1) is 13.8 Å². The number of hydrogen-bond acceptors (Lipinski definition) is 3. The minimum Gasteiger partial charge on any atom is -0.309 e. The van der Waals surface area contributed by atoms with Crippen LogP contribution in [0.3, 0.4) is 0 Å². The number of allylic oxidation sites excluding steroid dienone is 1. The van der Waals surface area contributed by atoms with Gasteiger partial charge in [-0.05, 0) is 33.1 Å². The van der Waals surface area contributed by atoms with E-state index in [0.717, 1.165) is 6.54 Å². The summed E-state index contributed by atoms with van der Waals surface area (Å²) in [4.78, 5) is 5.83. The molecule has 0 saturated heterocycles. The molecule has 82 valence electrons. The first kappa shape index (κ1) is 10.8. The second kappa shape index (κ2) is 4.90. The number of thiazole rings is 1. The summed E-state index contributed by atoms with van der Waals surface area (Å²) in [7, 11) is 0. The van der Waals surface area contributed by atoms with Gasteiger partial charge in [-0.1, -0.05) is 12.2 Å². The molecule has 2 rings (SSSR count). The highest BCUT2D eigenvalue weighted by atomic mass is 32.1. The highest BCUT2D eigenvalue weighted by Crippen LogP contribution is 2.18. The van der Waals surface area contributed by atoms with Crippen molar-refractivity contribution in [1.82, 2.24) is 10.3 Å². The summed E-state index contributed by atoms with van der Waals surface area (Å²) in [6.45, 7) is 5.15. The monoisotopic (exact) mass is 222 g/mol. The molecule has 1 unspecified atom stereocenters. The molecule has 1 aliphatic carbocycles. The third kappa shape index (κ3) is 2.89. The molecule has 0 aliphatic heterocycles. The minimum absolute atomic E-state index is 0.664. The standard InChI is InChI=1S/C12H18N2S/c1-9-12(15-10(2)14-9)8-13-11-6-4-3-5-7-11/h3-4,11,13H,5-8H2,1-2H3. The van der Waals surface area contributed by atoms with Crippen molar-refractivity contribution in [3.63, 3.8) is 0 Å². The summed E-state index contributed by atoms with van der Waals surface area (Å²) in [6.07, 6.45) is 8.23. The second-order valence-corrected chi connectivity index (χ2v) is 5.39. The molecule has 0 amide bonds. The van der Waals surface area contributed by atoms with Gasteiger partial charge in [0.1, 0.15) is 0 Å². The van der Waals surface area contributed by atoms with Crippen LogP contribution in [0.5, 0.6) is 0 Å². The molecule has 1 aromatic heterocycles. The second-order valence-electron chi connectivity index (χ2n) is 4.10. The van der Waals surface area contributed by atoms with Crippen molar-refractivity contribution in [2.75, 3.05) is 0 Å². The summed E-state index contributed by atoms with van der Waals surface area (Å²) >= 11 is 1.81. The lowest BCUT2D eigenvalue weighted by atomic mass is 10.0. The average molecular weight is 222 g/mol. The normalized spacial score (nSPS) is 20.8. The minimum atomic E-state index is 0.664. The number of rotatable bonds is 3. The third-order valence-electron chi connectivity index (χ3n) is 2.82. The van der Waals surface area contributed by atoms with Gasteiger partial charge in [-0.2, -0.15) is 0 Å². The summed E-state index contributed by atoms with van der Waals surface area (Å²) in [5.74, 6) is 0. The van der Waals surface area contributed by atoms with E-state index < -0.39 is 0 Å². The molecule has 1 aromatic rings. The van der Waals surface area contributed by atoms with E-state index in [1.54, 1.807) is 0 Å². The van der Waals surface area contributed by atoms with Crippen molar-refractivity contribution in [2.45, 2.75) is 45.7 Å². The lowest BCUT2D eigenvalue weighted by molar-refractivity contribution is 0.476. The highest BCUT2D eigenvalue weighted by Gasteiger charge is 2.10. The van der Waals surface area contributed by atoms with Gasteiger partial charge in [0, 0.05) is 17.5 Å². The molecule has 1 N–H and O–H groups in total. The zero-order valence-corrected chi connectivity index (χ0v) is 10.2. The van der Waals surface area contributed by atoms with Gasteiger partial charge in [0.05, 0.1) is 10.7 Å². The van der Waals surface area contributed by atoms with E-state index in [1.807, 2.05) is 11.3 Å². The van der Waals surface area contributed by atoms with E-state index >= 15 is 0 Å².